The smallest absolute Gasteiger partial charge is 0.328 e. The minimum atomic E-state index is -1.18. The zero-order chi connectivity index (χ0) is 24.8. The number of piperidine rings is 1. The van der Waals surface area contributed by atoms with Gasteiger partial charge in [-0.2, -0.15) is 0 Å². The Bertz CT molecular complexity index is 925. The molecule has 4 rings (SSSR count). The van der Waals surface area contributed by atoms with Crippen molar-refractivity contribution < 1.29 is 24.3 Å². The number of hydrogen-bond donors (Lipinski definition) is 4. The van der Waals surface area contributed by atoms with E-state index in [9.17, 15) is 24.3 Å². The molecule has 1 spiro atoms. The van der Waals surface area contributed by atoms with Gasteiger partial charge in [-0.1, -0.05) is 43.9 Å². The molecule has 0 unspecified atom stereocenters. The molecule has 1 saturated carbocycles. The molecule has 4 amide bonds. The third-order valence-electron chi connectivity index (χ3n) is 7.63. The van der Waals surface area contributed by atoms with Crippen LogP contribution in [0.2, 0.25) is 0 Å². The lowest BCUT2D eigenvalue weighted by molar-refractivity contribution is -0.141. The minimum Gasteiger partial charge on any atom is -0.480 e. The number of amides is 4. The number of carboxylic acids is 1. The summed E-state index contributed by atoms with van der Waals surface area (Å²) in [5.41, 5.74) is 0.256. The molecule has 190 valence electrons. The number of nitrogens with one attached hydrogen (secondary N) is 3. The Labute approximate surface area is 205 Å². The van der Waals surface area contributed by atoms with Gasteiger partial charge >= 0.3 is 12.0 Å². The average Bonchev–Trinajstić information content (AvgIpc) is 3.49. The lowest BCUT2D eigenvalue weighted by Gasteiger charge is -2.43. The van der Waals surface area contributed by atoms with E-state index in [0.29, 0.717) is 44.9 Å². The van der Waals surface area contributed by atoms with Gasteiger partial charge < -0.3 is 30.9 Å². The highest BCUT2D eigenvalue weighted by atomic mass is 16.4. The SMILES string of the molecule is O=C(CCC1CCCC1)N[C@@H](CNC(=O)N1CCC2(CC1)C(=O)NCN2c1ccccc1)C(=O)O. The highest BCUT2D eigenvalue weighted by Gasteiger charge is 2.50. The summed E-state index contributed by atoms with van der Waals surface area (Å²) in [6.07, 6.45) is 6.68. The summed E-state index contributed by atoms with van der Waals surface area (Å²) in [6, 6.07) is 8.15. The van der Waals surface area contributed by atoms with Crippen LogP contribution in [-0.4, -0.2) is 71.7 Å². The van der Waals surface area contributed by atoms with Crippen LogP contribution in [0, 0.1) is 5.92 Å². The first-order chi connectivity index (χ1) is 16.9. The molecule has 4 N–H and O–H groups in total. The number of rotatable bonds is 8. The number of anilines is 1. The maximum absolute atomic E-state index is 12.8. The lowest BCUT2D eigenvalue weighted by atomic mass is 9.85. The molecule has 1 aromatic carbocycles. The summed E-state index contributed by atoms with van der Waals surface area (Å²) in [5, 5.41) is 17.6. The van der Waals surface area contributed by atoms with E-state index in [1.807, 2.05) is 30.3 Å². The number of carbonyl (C=O) groups is 4. The Morgan fingerprint density at radius 1 is 1.11 bits per heavy atom. The van der Waals surface area contributed by atoms with E-state index in [4.69, 9.17) is 0 Å². The van der Waals surface area contributed by atoms with Crippen molar-refractivity contribution in [3.8, 4) is 0 Å². The number of urea groups is 1. The molecule has 0 radical (unpaired) electrons. The van der Waals surface area contributed by atoms with E-state index in [-0.39, 0.29) is 18.4 Å². The van der Waals surface area contributed by atoms with Gasteiger partial charge in [0.05, 0.1) is 13.2 Å². The van der Waals surface area contributed by atoms with E-state index < -0.39 is 23.6 Å². The summed E-state index contributed by atoms with van der Waals surface area (Å²) < 4.78 is 0. The molecule has 3 aliphatic rings. The predicted octanol–water partition coefficient (Wildman–Crippen LogP) is 1.66. The number of nitrogens with zero attached hydrogens (tertiary/aromatic N) is 2. The maximum Gasteiger partial charge on any atom is 0.328 e. The van der Waals surface area contributed by atoms with Gasteiger partial charge in [0.25, 0.3) is 0 Å². The van der Waals surface area contributed by atoms with Gasteiger partial charge in [0.2, 0.25) is 11.8 Å². The summed E-state index contributed by atoms with van der Waals surface area (Å²) in [7, 11) is 0. The molecule has 1 atom stereocenters. The van der Waals surface area contributed by atoms with Gasteiger partial charge in [-0.15, -0.1) is 0 Å². The molecule has 3 fully saturated rings. The second-order valence-corrected chi connectivity index (χ2v) is 9.78. The fraction of sp³-hybridized carbons (Fsp3) is 0.600. The van der Waals surface area contributed by atoms with Crippen LogP contribution < -0.4 is 20.9 Å². The number of carbonyl (C=O) groups excluding carboxylic acids is 3. The topological polar surface area (TPSA) is 131 Å². The third kappa shape index (κ3) is 5.68. The fourth-order valence-corrected chi connectivity index (χ4v) is 5.51. The van der Waals surface area contributed by atoms with Crippen LogP contribution in [0.3, 0.4) is 0 Å². The summed E-state index contributed by atoms with van der Waals surface area (Å²) in [6.45, 7) is 0.972. The molecule has 0 bridgehead atoms. The van der Waals surface area contributed by atoms with Gasteiger partial charge in [0, 0.05) is 25.2 Å². The van der Waals surface area contributed by atoms with Crippen molar-refractivity contribution >= 4 is 29.5 Å². The second kappa shape index (κ2) is 11.0. The molecule has 0 aromatic heterocycles. The van der Waals surface area contributed by atoms with E-state index in [0.717, 1.165) is 24.9 Å². The van der Waals surface area contributed by atoms with Gasteiger partial charge in [0.1, 0.15) is 11.6 Å². The number of aliphatic carboxylic acids is 1. The van der Waals surface area contributed by atoms with Crippen molar-refractivity contribution in [2.24, 2.45) is 5.92 Å². The first kappa shape index (κ1) is 24.8. The summed E-state index contributed by atoms with van der Waals surface area (Å²) >= 11 is 0. The zero-order valence-electron chi connectivity index (χ0n) is 20.0. The number of hydrogen-bond acceptors (Lipinski definition) is 5. The average molecular weight is 486 g/mol. The summed E-state index contributed by atoms with van der Waals surface area (Å²) in [5.74, 6) is -0.969. The van der Waals surface area contributed by atoms with Crippen LogP contribution in [0.1, 0.15) is 51.4 Å². The molecule has 1 aromatic rings. The molecular formula is C25H35N5O5. The first-order valence-electron chi connectivity index (χ1n) is 12.5. The van der Waals surface area contributed by atoms with Crippen molar-refractivity contribution in [1.29, 1.82) is 0 Å². The Kier molecular flexibility index (Phi) is 7.77. The van der Waals surface area contributed by atoms with Crippen LogP contribution in [-0.2, 0) is 14.4 Å². The van der Waals surface area contributed by atoms with Crippen LogP contribution >= 0.6 is 0 Å². The van der Waals surface area contributed by atoms with Crippen LogP contribution in [0.4, 0.5) is 10.5 Å². The quantitative estimate of drug-likeness (QED) is 0.443. The van der Waals surface area contributed by atoms with E-state index in [1.54, 1.807) is 4.90 Å². The standard InChI is InChI=1S/C25H35N5O5/c31-21(11-10-18-6-4-5-7-18)28-20(22(32)33)16-26-24(35)29-14-12-25(13-15-29)23(34)27-17-30(25)19-8-2-1-3-9-19/h1-3,8-9,18,20H,4-7,10-17H2,(H,26,35)(H,27,34)(H,28,31)(H,32,33)/t20-/m0/s1. The highest BCUT2D eigenvalue weighted by Crippen LogP contribution is 2.36. The number of carboxylic acid groups (broad SMARTS) is 1. The first-order valence-corrected chi connectivity index (χ1v) is 12.5. The fourth-order valence-electron chi connectivity index (χ4n) is 5.51. The van der Waals surface area contributed by atoms with E-state index in [1.165, 1.54) is 12.8 Å². The summed E-state index contributed by atoms with van der Waals surface area (Å²) in [4.78, 5) is 53.0. The second-order valence-electron chi connectivity index (χ2n) is 9.78. The monoisotopic (exact) mass is 485 g/mol. The van der Waals surface area contributed by atoms with Crippen molar-refractivity contribution in [1.82, 2.24) is 20.9 Å². The van der Waals surface area contributed by atoms with Gasteiger partial charge in [-0.3, -0.25) is 9.59 Å². The predicted molar refractivity (Wildman–Crippen MR) is 130 cm³/mol. The molecule has 10 heteroatoms. The van der Waals surface area contributed by atoms with Gasteiger partial charge in [0.15, 0.2) is 0 Å². The molecule has 2 aliphatic heterocycles. The largest absolute Gasteiger partial charge is 0.480 e. The molecule has 2 heterocycles. The van der Waals surface area contributed by atoms with Crippen molar-refractivity contribution in [3.05, 3.63) is 30.3 Å². The van der Waals surface area contributed by atoms with Crippen LogP contribution in [0.25, 0.3) is 0 Å². The Hall–Kier alpha value is -3.30. The van der Waals surface area contributed by atoms with E-state index >= 15 is 0 Å². The Morgan fingerprint density at radius 3 is 2.46 bits per heavy atom. The highest BCUT2D eigenvalue weighted by molar-refractivity contribution is 5.93. The number of para-hydroxylation sites is 1. The number of likely N-dealkylation sites (tertiary alicyclic amines) is 1. The molecular weight excluding hydrogens is 450 g/mol. The zero-order valence-corrected chi connectivity index (χ0v) is 20.0. The molecule has 10 nitrogen and oxygen atoms in total. The number of benzene rings is 1. The van der Waals surface area contributed by atoms with Crippen molar-refractivity contribution in [2.75, 3.05) is 31.2 Å². The van der Waals surface area contributed by atoms with Crippen molar-refractivity contribution in [2.45, 2.75) is 62.9 Å². The molecule has 35 heavy (non-hydrogen) atoms. The molecule has 1 aliphatic carbocycles. The molecule has 2 saturated heterocycles. The Balaban J connectivity index is 1.26. The van der Waals surface area contributed by atoms with Gasteiger partial charge in [-0.25, -0.2) is 9.59 Å². The van der Waals surface area contributed by atoms with Gasteiger partial charge in [-0.05, 0) is 37.3 Å². The Morgan fingerprint density at radius 2 is 1.80 bits per heavy atom. The maximum atomic E-state index is 12.8. The van der Waals surface area contributed by atoms with Crippen LogP contribution in [0.5, 0.6) is 0 Å². The van der Waals surface area contributed by atoms with Crippen molar-refractivity contribution in [3.63, 3.8) is 0 Å². The minimum absolute atomic E-state index is 0.0346. The third-order valence-corrected chi connectivity index (χ3v) is 7.63. The van der Waals surface area contributed by atoms with E-state index in [2.05, 4.69) is 20.9 Å². The van der Waals surface area contributed by atoms with Crippen LogP contribution in [0.15, 0.2) is 30.3 Å². The normalized spacial score (nSPS) is 20.5. The lowest BCUT2D eigenvalue weighted by Crippen LogP contribution is -2.59.